The van der Waals surface area contributed by atoms with Crippen molar-refractivity contribution in [2.45, 2.75) is 64.2 Å². The molecule has 0 atom stereocenters. The molecule has 2 heterocycles. The van der Waals surface area contributed by atoms with Crippen LogP contribution in [-0.4, -0.2) is 17.0 Å². The molecule has 5 aromatic carbocycles. The average molecular weight is 599 g/mol. The highest BCUT2D eigenvalue weighted by atomic mass is 32.2. The van der Waals surface area contributed by atoms with Gasteiger partial charge in [-0.25, -0.2) is 12.4 Å². The summed E-state index contributed by atoms with van der Waals surface area (Å²) in [4.78, 5) is 0.279. The minimum Gasteiger partial charge on any atom is -0.309 e. The topological polar surface area (TPSA) is 44.0 Å². The van der Waals surface area contributed by atoms with Crippen LogP contribution in [0.25, 0.3) is 49.3 Å². The van der Waals surface area contributed by atoms with Crippen LogP contribution in [0.1, 0.15) is 58.2 Å². The highest BCUT2D eigenvalue weighted by Crippen LogP contribution is 2.39. The molecule has 222 valence electrons. The number of benzene rings is 5. The van der Waals surface area contributed by atoms with Gasteiger partial charge in [-0.15, -0.1) is 0 Å². The average Bonchev–Trinajstić information content (AvgIpc) is 3.48. The third-order valence-corrected chi connectivity index (χ3v) is 10.7. The minimum atomic E-state index is -3.83. The molecule has 0 saturated carbocycles. The Balaban J connectivity index is 1.53. The zero-order chi connectivity index (χ0) is 31.2. The molecule has 7 aromatic rings. The first-order chi connectivity index (χ1) is 20.7. The molecule has 5 heteroatoms. The Labute approximate surface area is 259 Å². The van der Waals surface area contributed by atoms with E-state index in [9.17, 15) is 8.42 Å². The first-order valence-corrected chi connectivity index (χ1v) is 16.6. The van der Waals surface area contributed by atoms with E-state index in [0.717, 1.165) is 33.1 Å². The molecular formula is C39H38N2O2S. The largest absolute Gasteiger partial charge is 0.309 e. The molecule has 0 N–H and O–H groups in total. The summed E-state index contributed by atoms with van der Waals surface area (Å²) in [5, 5.41) is 4.26. The summed E-state index contributed by atoms with van der Waals surface area (Å²) in [5.41, 5.74) is 8.26. The van der Waals surface area contributed by atoms with Gasteiger partial charge in [0, 0.05) is 27.2 Å². The predicted octanol–water partition coefficient (Wildman–Crippen LogP) is 10.0. The number of aromatic nitrogens is 2. The molecule has 0 radical (unpaired) electrons. The third-order valence-electron chi connectivity index (χ3n) is 8.93. The maximum atomic E-state index is 14.1. The third kappa shape index (κ3) is 4.36. The van der Waals surface area contributed by atoms with Gasteiger partial charge < -0.3 is 4.57 Å². The van der Waals surface area contributed by atoms with Gasteiger partial charge >= 0.3 is 0 Å². The summed E-state index contributed by atoms with van der Waals surface area (Å²) < 4.78 is 32.0. The van der Waals surface area contributed by atoms with Crippen molar-refractivity contribution >= 4 is 53.6 Å². The lowest BCUT2D eigenvalue weighted by atomic mass is 9.85. The maximum absolute atomic E-state index is 14.1. The molecule has 0 unspecified atom stereocenters. The van der Waals surface area contributed by atoms with E-state index in [0.29, 0.717) is 11.0 Å². The molecule has 0 aliphatic carbocycles. The zero-order valence-electron chi connectivity index (χ0n) is 26.4. The number of para-hydroxylation sites is 1. The molecule has 0 fully saturated rings. The van der Waals surface area contributed by atoms with Crippen molar-refractivity contribution in [3.05, 3.63) is 120 Å². The molecule has 44 heavy (non-hydrogen) atoms. The van der Waals surface area contributed by atoms with Crippen LogP contribution in [0.2, 0.25) is 0 Å². The SMILES string of the molecule is Cc1ccc(S(=O)(=O)n2c3ccccc3c3cc(-n4c5ccc(C(C)(C)C)cc5c5cc(C(C)(C)C)ccc54)ccc32)cc1. The van der Waals surface area contributed by atoms with Crippen LogP contribution in [-0.2, 0) is 20.9 Å². The van der Waals surface area contributed by atoms with Gasteiger partial charge in [0.05, 0.1) is 27.0 Å². The molecule has 4 nitrogen and oxygen atoms in total. The van der Waals surface area contributed by atoms with Gasteiger partial charge in [-0.3, -0.25) is 0 Å². The van der Waals surface area contributed by atoms with Crippen molar-refractivity contribution < 1.29 is 8.42 Å². The van der Waals surface area contributed by atoms with Crippen molar-refractivity contribution in [3.63, 3.8) is 0 Å². The van der Waals surface area contributed by atoms with Gasteiger partial charge in [0.15, 0.2) is 0 Å². The lowest BCUT2D eigenvalue weighted by Gasteiger charge is -2.19. The van der Waals surface area contributed by atoms with Crippen LogP contribution in [0.3, 0.4) is 0 Å². The number of hydrogen-bond donors (Lipinski definition) is 0. The van der Waals surface area contributed by atoms with Gasteiger partial charge in [-0.1, -0.05) is 89.6 Å². The summed E-state index contributed by atoms with van der Waals surface area (Å²) in [5.74, 6) is 0. The summed E-state index contributed by atoms with van der Waals surface area (Å²) in [6.07, 6.45) is 0. The smallest absolute Gasteiger partial charge is 0.268 e. The second-order valence-corrected chi connectivity index (χ2v) is 15.9. The molecule has 0 amide bonds. The summed E-state index contributed by atoms with van der Waals surface area (Å²) in [6.45, 7) is 15.5. The zero-order valence-corrected chi connectivity index (χ0v) is 27.3. The van der Waals surface area contributed by atoms with Crippen LogP contribution in [0.5, 0.6) is 0 Å². The van der Waals surface area contributed by atoms with E-state index in [1.165, 1.54) is 25.9 Å². The molecule has 0 aliphatic rings. The number of fused-ring (bicyclic) bond motifs is 6. The van der Waals surface area contributed by atoms with E-state index in [-0.39, 0.29) is 15.7 Å². The van der Waals surface area contributed by atoms with Crippen molar-refractivity contribution in [2.75, 3.05) is 0 Å². The number of aryl methyl sites for hydroxylation is 1. The van der Waals surface area contributed by atoms with Crippen molar-refractivity contribution in [1.29, 1.82) is 0 Å². The van der Waals surface area contributed by atoms with Crippen LogP contribution in [0, 0.1) is 6.92 Å². The first-order valence-electron chi connectivity index (χ1n) is 15.2. The Hall–Kier alpha value is -4.35. The van der Waals surface area contributed by atoms with Gasteiger partial charge in [0.1, 0.15) is 0 Å². The normalized spacial score (nSPS) is 13.1. The summed E-state index contributed by atoms with van der Waals surface area (Å²) in [6, 6.07) is 34.6. The van der Waals surface area contributed by atoms with E-state index in [1.54, 1.807) is 12.1 Å². The molecule has 2 aromatic heterocycles. The lowest BCUT2D eigenvalue weighted by molar-refractivity contribution is 0.590. The molecule has 0 bridgehead atoms. The number of nitrogens with zero attached hydrogens (tertiary/aromatic N) is 2. The highest BCUT2D eigenvalue weighted by Gasteiger charge is 2.25. The van der Waals surface area contributed by atoms with E-state index >= 15 is 0 Å². The van der Waals surface area contributed by atoms with E-state index in [1.807, 2.05) is 49.4 Å². The lowest BCUT2D eigenvalue weighted by Crippen LogP contribution is -2.12. The van der Waals surface area contributed by atoms with Crippen LogP contribution < -0.4 is 0 Å². The Morgan fingerprint density at radius 3 is 1.59 bits per heavy atom. The fraction of sp³-hybridized carbons (Fsp3) is 0.231. The molecular weight excluding hydrogens is 561 g/mol. The minimum absolute atomic E-state index is 0.0218. The molecule has 0 saturated heterocycles. The molecule has 0 aliphatic heterocycles. The number of hydrogen-bond acceptors (Lipinski definition) is 2. The Kier molecular flexibility index (Phi) is 6.18. The highest BCUT2D eigenvalue weighted by molar-refractivity contribution is 7.90. The fourth-order valence-electron chi connectivity index (χ4n) is 6.37. The van der Waals surface area contributed by atoms with E-state index in [4.69, 9.17) is 0 Å². The predicted molar refractivity (Wildman–Crippen MR) is 185 cm³/mol. The first kappa shape index (κ1) is 28.4. The number of rotatable bonds is 3. The standard InChI is InChI=1S/C39H38N2O2S/c1-25-12-17-29(18-13-25)44(42,43)41-36-11-9-8-10-30(36)33-24-28(16-21-37(33)41)40-34-19-14-26(38(2,3)4)22-31(34)32-23-27(39(5,6)7)15-20-35(32)40/h8-24H,1-7H3. The van der Waals surface area contributed by atoms with Crippen LogP contribution in [0.15, 0.2) is 108 Å². The van der Waals surface area contributed by atoms with E-state index in [2.05, 4.69) is 94.6 Å². The van der Waals surface area contributed by atoms with Crippen molar-refractivity contribution in [1.82, 2.24) is 8.54 Å². The van der Waals surface area contributed by atoms with Crippen LogP contribution in [0.4, 0.5) is 0 Å². The van der Waals surface area contributed by atoms with Crippen molar-refractivity contribution in [3.8, 4) is 5.69 Å². The Morgan fingerprint density at radius 1 is 0.523 bits per heavy atom. The van der Waals surface area contributed by atoms with E-state index < -0.39 is 10.0 Å². The van der Waals surface area contributed by atoms with Gasteiger partial charge in [-0.2, -0.15) is 0 Å². The second kappa shape index (κ2) is 9.57. The summed E-state index contributed by atoms with van der Waals surface area (Å²) >= 11 is 0. The van der Waals surface area contributed by atoms with Gasteiger partial charge in [-0.05, 0) is 89.5 Å². The fourth-order valence-corrected chi connectivity index (χ4v) is 7.90. The van der Waals surface area contributed by atoms with Gasteiger partial charge in [0.25, 0.3) is 10.0 Å². The maximum Gasteiger partial charge on any atom is 0.268 e. The second-order valence-electron chi connectivity index (χ2n) is 14.1. The summed E-state index contributed by atoms with van der Waals surface area (Å²) in [7, 11) is -3.83. The van der Waals surface area contributed by atoms with Crippen molar-refractivity contribution in [2.24, 2.45) is 0 Å². The quantitative estimate of drug-likeness (QED) is 0.203. The molecule has 0 spiro atoms. The molecule has 7 rings (SSSR count). The monoisotopic (exact) mass is 598 g/mol. The van der Waals surface area contributed by atoms with Crippen LogP contribution >= 0.6 is 0 Å². The Bertz CT molecular complexity index is 2290. The Morgan fingerprint density at radius 2 is 1.02 bits per heavy atom. The van der Waals surface area contributed by atoms with Gasteiger partial charge in [0.2, 0.25) is 0 Å².